The molecule has 310 valence electrons. The van der Waals surface area contributed by atoms with Crippen molar-refractivity contribution < 1.29 is 0 Å². The fourth-order valence-corrected chi connectivity index (χ4v) is 13.2. The van der Waals surface area contributed by atoms with E-state index in [1.54, 1.807) is 0 Å². The number of hydrogen-bond acceptors (Lipinski definition) is 2. The van der Waals surface area contributed by atoms with Crippen LogP contribution in [-0.2, 0) is 0 Å². The maximum atomic E-state index is 2.63. The molecule has 4 heteroatoms. The summed E-state index contributed by atoms with van der Waals surface area (Å²) in [6.07, 6.45) is 0. The molecule has 0 aliphatic carbocycles. The van der Waals surface area contributed by atoms with Crippen LogP contribution in [0.3, 0.4) is 0 Å². The van der Waals surface area contributed by atoms with Gasteiger partial charge in [-0.3, -0.25) is 0 Å². The first-order valence-corrected chi connectivity index (χ1v) is 23.9. The number of para-hydroxylation sites is 4. The lowest BCUT2D eigenvalue weighted by molar-refractivity contribution is 1.29. The van der Waals surface area contributed by atoms with Crippen molar-refractivity contribution in [2.45, 2.75) is 0 Å². The Labute approximate surface area is 395 Å². The first-order valence-electron chi connectivity index (χ1n) is 23.9. The molecule has 0 fully saturated rings. The highest BCUT2D eigenvalue weighted by Crippen LogP contribution is 2.52. The van der Waals surface area contributed by atoms with Crippen LogP contribution in [-0.4, -0.2) is 13.4 Å². The highest BCUT2D eigenvalue weighted by Gasteiger charge is 2.45. The number of hydrogen-bond donors (Lipinski definition) is 0. The van der Waals surface area contributed by atoms with Gasteiger partial charge in [0, 0.05) is 34.1 Å². The van der Waals surface area contributed by atoms with Crippen LogP contribution < -0.4 is 42.6 Å². The van der Waals surface area contributed by atoms with Crippen molar-refractivity contribution in [3.8, 4) is 44.5 Å². The average molecular weight is 857 g/mol. The topological polar surface area (TPSA) is 6.48 Å². The lowest BCUT2D eigenvalue weighted by Crippen LogP contribution is -2.60. The summed E-state index contributed by atoms with van der Waals surface area (Å²) >= 11 is 0. The zero-order valence-corrected chi connectivity index (χ0v) is 37.0. The highest BCUT2D eigenvalue weighted by molar-refractivity contribution is 7.02. The summed E-state index contributed by atoms with van der Waals surface area (Å²) in [7, 11) is 0. The van der Waals surface area contributed by atoms with Crippen molar-refractivity contribution in [1.29, 1.82) is 0 Å². The van der Waals surface area contributed by atoms with E-state index in [4.69, 9.17) is 0 Å². The maximum Gasteiger partial charge on any atom is 0.248 e. The summed E-state index contributed by atoms with van der Waals surface area (Å²) in [6, 6.07) is 87.0. The Hall–Kier alpha value is -8.59. The lowest BCUT2D eigenvalue weighted by Gasteiger charge is -2.42. The molecule has 0 atom stereocenters. The van der Waals surface area contributed by atoms with E-state index >= 15 is 0 Å². The Balaban J connectivity index is 1.11. The molecule has 0 bridgehead atoms. The van der Waals surface area contributed by atoms with Crippen LogP contribution in [0.25, 0.3) is 76.8 Å². The van der Waals surface area contributed by atoms with Crippen LogP contribution in [0.15, 0.2) is 231 Å². The number of benzene rings is 12. The third-order valence-electron chi connectivity index (χ3n) is 15.8. The number of rotatable bonds is 4. The van der Waals surface area contributed by atoms with E-state index in [9.17, 15) is 0 Å². The molecule has 0 saturated heterocycles. The van der Waals surface area contributed by atoms with Crippen molar-refractivity contribution in [3.05, 3.63) is 231 Å². The quantitative estimate of drug-likeness (QED) is 0.129. The fraction of sp³-hybridized carbons (Fsp3) is 0. The largest absolute Gasteiger partial charge is 0.312 e. The predicted octanol–water partition coefficient (Wildman–Crippen LogP) is 12.5. The van der Waals surface area contributed by atoms with Crippen molar-refractivity contribution in [1.82, 2.24) is 0 Å². The van der Waals surface area contributed by atoms with E-state index in [1.165, 1.54) is 144 Å². The summed E-state index contributed by atoms with van der Waals surface area (Å²) in [4.78, 5) is 4.99. The molecule has 0 N–H and O–H groups in total. The van der Waals surface area contributed by atoms with E-state index in [0.717, 1.165) is 0 Å². The Morgan fingerprint density at radius 2 is 0.647 bits per heavy atom. The minimum atomic E-state index is 0.0344. The summed E-state index contributed by atoms with van der Waals surface area (Å²) in [5.41, 5.74) is 25.8. The summed E-state index contributed by atoms with van der Waals surface area (Å²) in [5.74, 6) is 0. The second-order valence-electron chi connectivity index (χ2n) is 19.0. The van der Waals surface area contributed by atoms with Gasteiger partial charge >= 0.3 is 0 Å². The van der Waals surface area contributed by atoms with E-state index in [0.29, 0.717) is 0 Å². The minimum absolute atomic E-state index is 0.0344. The first-order chi connectivity index (χ1) is 33.8. The van der Waals surface area contributed by atoms with Gasteiger partial charge < -0.3 is 9.80 Å². The zero-order chi connectivity index (χ0) is 44.2. The van der Waals surface area contributed by atoms with E-state index < -0.39 is 0 Å². The molecule has 0 radical (unpaired) electrons. The molecule has 4 aliphatic heterocycles. The zero-order valence-electron chi connectivity index (χ0n) is 37.0. The predicted molar refractivity (Wildman–Crippen MR) is 291 cm³/mol. The molecular weight excluding hydrogens is 818 g/mol. The molecule has 16 rings (SSSR count). The number of anilines is 6. The second-order valence-corrected chi connectivity index (χ2v) is 19.0. The molecule has 0 spiro atoms. The number of nitrogens with zero attached hydrogens (tertiary/aromatic N) is 2. The van der Waals surface area contributed by atoms with Gasteiger partial charge in [0.05, 0.1) is 0 Å². The van der Waals surface area contributed by atoms with Gasteiger partial charge in [0.25, 0.3) is 0 Å². The summed E-state index contributed by atoms with van der Waals surface area (Å²) < 4.78 is 0. The monoisotopic (exact) mass is 856 g/mol. The summed E-state index contributed by atoms with van der Waals surface area (Å²) in [6.45, 7) is 0.0713. The SMILES string of the molecule is c1ccc(-c2cc3c4c(cc5c(-c6ccccc6)cc6c7c(cc2c4c57)B2c4ccccc4N(c4ccccc4)c4cccc-6c42)-c2cccc4c2B3c2ccccc2N4c2ccccc2)cc1. The molecule has 0 aromatic heterocycles. The average Bonchev–Trinajstić information content (AvgIpc) is 3.41. The van der Waals surface area contributed by atoms with Crippen LogP contribution in [0.5, 0.6) is 0 Å². The van der Waals surface area contributed by atoms with Gasteiger partial charge in [-0.05, 0) is 159 Å². The molecule has 2 nitrogen and oxygen atoms in total. The van der Waals surface area contributed by atoms with Crippen molar-refractivity contribution >= 4 is 113 Å². The molecule has 68 heavy (non-hydrogen) atoms. The van der Waals surface area contributed by atoms with Gasteiger partial charge in [0.15, 0.2) is 0 Å². The third-order valence-corrected chi connectivity index (χ3v) is 15.8. The molecule has 4 aliphatic rings. The Kier molecular flexibility index (Phi) is 7.27. The van der Waals surface area contributed by atoms with Crippen molar-refractivity contribution in [3.63, 3.8) is 0 Å². The van der Waals surface area contributed by atoms with Crippen LogP contribution in [0, 0.1) is 0 Å². The summed E-state index contributed by atoms with van der Waals surface area (Å²) in [5, 5.41) is 8.14. The molecule has 12 aromatic rings. The molecule has 0 amide bonds. The van der Waals surface area contributed by atoms with Crippen LogP contribution in [0.4, 0.5) is 34.1 Å². The minimum Gasteiger partial charge on any atom is -0.312 e. The van der Waals surface area contributed by atoms with Crippen LogP contribution in [0.2, 0.25) is 0 Å². The van der Waals surface area contributed by atoms with Gasteiger partial charge in [0.2, 0.25) is 13.4 Å². The van der Waals surface area contributed by atoms with Crippen molar-refractivity contribution in [2.75, 3.05) is 9.80 Å². The van der Waals surface area contributed by atoms with Crippen LogP contribution >= 0.6 is 0 Å². The van der Waals surface area contributed by atoms with E-state index in [1.807, 2.05) is 0 Å². The van der Waals surface area contributed by atoms with Crippen LogP contribution in [0.1, 0.15) is 0 Å². The normalized spacial score (nSPS) is 13.5. The van der Waals surface area contributed by atoms with Gasteiger partial charge in [0.1, 0.15) is 0 Å². The Morgan fingerprint density at radius 3 is 1.16 bits per heavy atom. The van der Waals surface area contributed by atoms with Gasteiger partial charge in [-0.25, -0.2) is 0 Å². The van der Waals surface area contributed by atoms with E-state index in [-0.39, 0.29) is 13.4 Å². The molecule has 0 unspecified atom stereocenters. The third kappa shape index (κ3) is 4.69. The molecular formula is C64H38B2N2. The smallest absolute Gasteiger partial charge is 0.248 e. The maximum absolute atomic E-state index is 2.63. The number of fused-ring (bicyclic) bond motifs is 8. The second kappa shape index (κ2) is 13.5. The lowest BCUT2D eigenvalue weighted by atomic mass is 9.31. The molecule has 4 heterocycles. The van der Waals surface area contributed by atoms with Crippen molar-refractivity contribution in [2.24, 2.45) is 0 Å². The standard InChI is InChI=1S/C64H38B2N2/c1-5-19-39(20-6-1)45-35-47-43-27-17-33-57-63(43)66(52-30-14-16-32-56(52)68(57)42-25-11-4-12-26-42)54-38-50-46(40-21-7-2-8-22-40)37-53-60-48(36-49(45)61(59(47)54)62(50)60)44-28-18-34-58-64(44)65(53)51-29-13-15-31-55(51)67(58)41-23-9-3-10-24-41/h1-38H. The fourth-order valence-electron chi connectivity index (χ4n) is 13.2. The van der Waals surface area contributed by atoms with Gasteiger partial charge in [-0.15, -0.1) is 0 Å². The Morgan fingerprint density at radius 1 is 0.250 bits per heavy atom. The van der Waals surface area contributed by atoms with Gasteiger partial charge in [-0.2, -0.15) is 0 Å². The van der Waals surface area contributed by atoms with E-state index in [2.05, 4.69) is 240 Å². The van der Waals surface area contributed by atoms with Gasteiger partial charge in [-0.1, -0.05) is 181 Å². The molecule has 0 saturated carbocycles. The highest BCUT2D eigenvalue weighted by atomic mass is 15.2. The molecule has 12 aromatic carbocycles. The Bertz CT molecular complexity index is 4090. The first kappa shape index (κ1) is 36.6.